The van der Waals surface area contributed by atoms with Crippen molar-refractivity contribution in [3.05, 3.63) is 47.8 Å². The van der Waals surface area contributed by atoms with E-state index in [2.05, 4.69) is 20.8 Å². The van der Waals surface area contributed by atoms with Crippen molar-refractivity contribution in [2.75, 3.05) is 14.2 Å². The molecule has 0 saturated carbocycles. The van der Waals surface area contributed by atoms with Crippen molar-refractivity contribution in [2.45, 2.75) is 18.9 Å². The van der Waals surface area contributed by atoms with Crippen LogP contribution in [0.25, 0.3) is 22.2 Å². The molecular weight excluding hydrogens is 366 g/mol. The van der Waals surface area contributed by atoms with Crippen LogP contribution in [-0.4, -0.2) is 39.0 Å². The van der Waals surface area contributed by atoms with Gasteiger partial charge in [-0.25, -0.2) is 14.7 Å². The first-order valence-corrected chi connectivity index (χ1v) is 9.51. The molecule has 0 amide bonds. The van der Waals surface area contributed by atoms with Crippen LogP contribution in [0.4, 0.5) is 0 Å². The Hall–Kier alpha value is -2.55. The molecule has 0 bridgehead atoms. The molecule has 140 valence electrons. The van der Waals surface area contributed by atoms with Crippen LogP contribution in [0.2, 0.25) is 0 Å². The van der Waals surface area contributed by atoms with E-state index < -0.39 is 11.3 Å². The lowest BCUT2D eigenvalue weighted by Crippen LogP contribution is -2.30. The molecule has 7 nitrogen and oxygen atoms in total. The summed E-state index contributed by atoms with van der Waals surface area (Å²) in [6.07, 6.45) is 2.89. The van der Waals surface area contributed by atoms with Gasteiger partial charge in [0.25, 0.3) is 0 Å². The SMILES string of the molecule is COc1cc2ncnc(-c3ccc4c(c3)CC(NS(=O)[O-])C4)c2cc1OC. The fourth-order valence-corrected chi connectivity index (χ4v) is 4.04. The maximum Gasteiger partial charge on any atom is 0.162 e. The molecule has 2 atom stereocenters. The summed E-state index contributed by atoms with van der Waals surface area (Å²) >= 11 is -2.26. The van der Waals surface area contributed by atoms with E-state index >= 15 is 0 Å². The summed E-state index contributed by atoms with van der Waals surface area (Å²) in [5.74, 6) is 1.23. The molecule has 2 aromatic carbocycles. The van der Waals surface area contributed by atoms with Crippen LogP contribution in [0.15, 0.2) is 36.7 Å². The summed E-state index contributed by atoms with van der Waals surface area (Å²) in [4.78, 5) is 8.82. The molecule has 1 aliphatic carbocycles. The van der Waals surface area contributed by atoms with Gasteiger partial charge in [-0.05, 0) is 36.1 Å². The van der Waals surface area contributed by atoms with Gasteiger partial charge in [-0.3, -0.25) is 4.21 Å². The zero-order chi connectivity index (χ0) is 19.0. The molecule has 1 heterocycles. The number of hydrogen-bond acceptors (Lipinski definition) is 6. The van der Waals surface area contributed by atoms with Gasteiger partial charge in [0.15, 0.2) is 11.5 Å². The van der Waals surface area contributed by atoms with E-state index in [4.69, 9.17) is 9.47 Å². The van der Waals surface area contributed by atoms with E-state index in [1.54, 1.807) is 14.2 Å². The van der Waals surface area contributed by atoms with Crippen molar-refractivity contribution in [1.82, 2.24) is 14.7 Å². The second-order valence-electron chi connectivity index (χ2n) is 6.39. The topological polar surface area (TPSA) is 96.4 Å². The summed E-state index contributed by atoms with van der Waals surface area (Å²) < 4.78 is 35.1. The summed E-state index contributed by atoms with van der Waals surface area (Å²) in [5, 5.41) is 0.864. The molecule has 4 rings (SSSR count). The third kappa shape index (κ3) is 3.39. The Balaban J connectivity index is 1.77. The smallest absolute Gasteiger partial charge is 0.162 e. The second-order valence-corrected chi connectivity index (χ2v) is 7.09. The minimum atomic E-state index is -2.26. The van der Waals surface area contributed by atoms with Gasteiger partial charge < -0.3 is 14.0 Å². The van der Waals surface area contributed by atoms with Crippen LogP contribution in [0.1, 0.15) is 11.1 Å². The number of hydrogen-bond donors (Lipinski definition) is 1. The largest absolute Gasteiger partial charge is 0.760 e. The fraction of sp³-hybridized carbons (Fsp3) is 0.263. The molecule has 27 heavy (non-hydrogen) atoms. The van der Waals surface area contributed by atoms with E-state index in [1.165, 1.54) is 6.33 Å². The van der Waals surface area contributed by atoms with Crippen molar-refractivity contribution in [3.63, 3.8) is 0 Å². The van der Waals surface area contributed by atoms with Gasteiger partial charge in [0, 0.05) is 34.3 Å². The quantitative estimate of drug-likeness (QED) is 0.677. The Labute approximate surface area is 159 Å². The zero-order valence-electron chi connectivity index (χ0n) is 14.9. The lowest BCUT2D eigenvalue weighted by molar-refractivity contribution is 0.356. The number of aromatic nitrogens is 2. The monoisotopic (exact) mass is 384 g/mol. The number of methoxy groups -OCH3 is 2. The molecule has 0 aliphatic heterocycles. The van der Waals surface area contributed by atoms with Gasteiger partial charge in [0.2, 0.25) is 0 Å². The van der Waals surface area contributed by atoms with Gasteiger partial charge in [-0.1, -0.05) is 12.1 Å². The van der Waals surface area contributed by atoms with Crippen molar-refractivity contribution >= 4 is 22.2 Å². The first-order valence-electron chi connectivity index (χ1n) is 8.43. The van der Waals surface area contributed by atoms with Crippen LogP contribution < -0.4 is 14.2 Å². The highest BCUT2D eigenvalue weighted by atomic mass is 32.2. The Bertz CT molecular complexity index is 1040. The van der Waals surface area contributed by atoms with Crippen molar-refractivity contribution in [3.8, 4) is 22.8 Å². The molecule has 0 saturated heterocycles. The molecule has 1 aromatic heterocycles. The average molecular weight is 384 g/mol. The molecule has 3 aromatic rings. The maximum atomic E-state index is 10.9. The zero-order valence-corrected chi connectivity index (χ0v) is 15.7. The maximum absolute atomic E-state index is 10.9. The van der Waals surface area contributed by atoms with Crippen LogP contribution in [0, 0.1) is 0 Å². The van der Waals surface area contributed by atoms with Crippen molar-refractivity contribution in [2.24, 2.45) is 0 Å². The number of ether oxygens (including phenoxy) is 2. The molecule has 0 spiro atoms. The highest BCUT2D eigenvalue weighted by molar-refractivity contribution is 7.77. The molecular formula is C19H18N3O4S-. The first-order chi connectivity index (χ1) is 13.1. The van der Waals surface area contributed by atoms with Crippen molar-refractivity contribution < 1.29 is 18.2 Å². The van der Waals surface area contributed by atoms with Gasteiger partial charge in [-0.15, -0.1) is 0 Å². The molecule has 1 aliphatic rings. The Morgan fingerprint density at radius 3 is 2.56 bits per heavy atom. The number of nitrogens with zero attached hydrogens (tertiary/aromatic N) is 2. The van der Waals surface area contributed by atoms with E-state index in [1.807, 2.05) is 24.3 Å². The van der Waals surface area contributed by atoms with Crippen LogP contribution >= 0.6 is 0 Å². The van der Waals surface area contributed by atoms with E-state index in [0.717, 1.165) is 33.3 Å². The minimum absolute atomic E-state index is 0.0971. The van der Waals surface area contributed by atoms with Gasteiger partial charge in [-0.2, -0.15) is 0 Å². The fourth-order valence-electron chi connectivity index (χ4n) is 3.60. The Kier molecular flexibility index (Phi) is 4.77. The summed E-state index contributed by atoms with van der Waals surface area (Å²) in [6, 6.07) is 9.73. The molecule has 8 heteroatoms. The third-order valence-corrected chi connectivity index (χ3v) is 5.34. The van der Waals surface area contributed by atoms with E-state index in [-0.39, 0.29) is 6.04 Å². The summed E-state index contributed by atoms with van der Waals surface area (Å²) in [5.41, 5.74) is 4.80. The van der Waals surface area contributed by atoms with Gasteiger partial charge in [0.05, 0.1) is 25.4 Å². The van der Waals surface area contributed by atoms with Crippen LogP contribution in [0.3, 0.4) is 0 Å². The third-order valence-electron chi connectivity index (χ3n) is 4.82. The average Bonchev–Trinajstić information content (AvgIpc) is 3.06. The molecule has 0 fully saturated rings. The lowest BCUT2D eigenvalue weighted by atomic mass is 10.0. The van der Waals surface area contributed by atoms with Crippen LogP contribution in [0.5, 0.6) is 11.5 Å². The molecule has 1 N–H and O–H groups in total. The van der Waals surface area contributed by atoms with E-state index in [0.29, 0.717) is 24.3 Å². The number of fused-ring (bicyclic) bond motifs is 2. The second kappa shape index (κ2) is 7.22. The predicted molar refractivity (Wildman–Crippen MR) is 101 cm³/mol. The van der Waals surface area contributed by atoms with Crippen LogP contribution in [-0.2, 0) is 24.1 Å². The highest BCUT2D eigenvalue weighted by Gasteiger charge is 2.22. The summed E-state index contributed by atoms with van der Waals surface area (Å²) in [6.45, 7) is 0. The molecule has 0 radical (unpaired) electrons. The van der Waals surface area contributed by atoms with Gasteiger partial charge in [0.1, 0.15) is 6.33 Å². The Morgan fingerprint density at radius 1 is 1.07 bits per heavy atom. The van der Waals surface area contributed by atoms with Crippen molar-refractivity contribution in [1.29, 1.82) is 0 Å². The standard InChI is InChI=1S/C19H19N3O4S/c1-25-17-8-15-16(9-18(17)26-2)20-10-21-19(15)12-4-3-11-6-14(22-27(23)24)7-13(11)5-12/h3-5,8-10,14,22H,6-7H2,1-2H3,(H,23,24)/p-1. The number of rotatable bonds is 5. The minimum Gasteiger partial charge on any atom is -0.760 e. The predicted octanol–water partition coefficient (Wildman–Crippen LogP) is 2.16. The normalized spacial score (nSPS) is 16.9. The number of nitrogens with one attached hydrogen (secondary N) is 1. The first kappa shape index (κ1) is 17.8. The van der Waals surface area contributed by atoms with Gasteiger partial charge >= 0.3 is 0 Å². The van der Waals surface area contributed by atoms with E-state index in [9.17, 15) is 8.76 Å². The highest BCUT2D eigenvalue weighted by Crippen LogP contribution is 2.36. The Morgan fingerprint density at radius 2 is 1.81 bits per heavy atom. The lowest BCUT2D eigenvalue weighted by Gasteiger charge is -2.13. The number of benzene rings is 2. The molecule has 2 unspecified atom stereocenters. The summed E-state index contributed by atoms with van der Waals surface area (Å²) in [7, 11) is 3.18.